The van der Waals surface area contributed by atoms with E-state index >= 15 is 0 Å². The summed E-state index contributed by atoms with van der Waals surface area (Å²) >= 11 is 0. The van der Waals surface area contributed by atoms with Crippen LogP contribution < -0.4 is 10.1 Å². The van der Waals surface area contributed by atoms with Gasteiger partial charge in [-0.3, -0.25) is 9.78 Å². The molecule has 1 N–H and O–H groups in total. The normalized spacial score (nSPS) is 9.95. The number of carbonyl (C=O) groups excluding carboxylic acids is 1. The number of pyridine rings is 1. The molecule has 0 radical (unpaired) electrons. The molecule has 1 aromatic carbocycles. The second-order valence-electron chi connectivity index (χ2n) is 4.08. The summed E-state index contributed by atoms with van der Waals surface area (Å²) in [7, 11) is 0. The summed E-state index contributed by atoms with van der Waals surface area (Å²) in [6.45, 7) is 2.07. The highest BCUT2D eigenvalue weighted by atomic mass is 16.5. The van der Waals surface area contributed by atoms with Crippen molar-refractivity contribution in [1.29, 1.82) is 0 Å². The van der Waals surface area contributed by atoms with Crippen LogP contribution >= 0.6 is 0 Å². The Balaban J connectivity index is 1.86. The van der Waals surface area contributed by atoms with Gasteiger partial charge in [-0.2, -0.15) is 0 Å². The molecule has 4 nitrogen and oxygen atoms in total. The number of amides is 1. The van der Waals surface area contributed by atoms with E-state index in [4.69, 9.17) is 4.74 Å². The molecule has 0 fully saturated rings. The SMILES string of the molecule is CCc1cccc(OCC(=O)Nc2cccnc2)c1. The van der Waals surface area contributed by atoms with Crippen molar-refractivity contribution in [2.45, 2.75) is 13.3 Å². The number of hydrogen-bond acceptors (Lipinski definition) is 3. The van der Waals surface area contributed by atoms with Crippen molar-refractivity contribution in [3.05, 3.63) is 54.4 Å². The van der Waals surface area contributed by atoms with Crippen molar-refractivity contribution in [3.63, 3.8) is 0 Å². The van der Waals surface area contributed by atoms with E-state index in [9.17, 15) is 4.79 Å². The lowest BCUT2D eigenvalue weighted by Gasteiger charge is -2.08. The quantitative estimate of drug-likeness (QED) is 0.894. The van der Waals surface area contributed by atoms with Crippen molar-refractivity contribution in [1.82, 2.24) is 4.98 Å². The maximum Gasteiger partial charge on any atom is 0.262 e. The van der Waals surface area contributed by atoms with Crippen molar-refractivity contribution in [3.8, 4) is 5.75 Å². The van der Waals surface area contributed by atoms with Gasteiger partial charge in [0.1, 0.15) is 5.75 Å². The Hall–Kier alpha value is -2.36. The molecule has 0 atom stereocenters. The minimum atomic E-state index is -0.199. The van der Waals surface area contributed by atoms with Gasteiger partial charge in [-0.1, -0.05) is 19.1 Å². The van der Waals surface area contributed by atoms with Gasteiger partial charge in [0, 0.05) is 6.20 Å². The predicted molar refractivity (Wildman–Crippen MR) is 74.2 cm³/mol. The molecule has 0 spiro atoms. The Morgan fingerprint density at radius 1 is 1.32 bits per heavy atom. The first-order chi connectivity index (χ1) is 9.28. The van der Waals surface area contributed by atoms with Crippen LogP contribution in [-0.2, 0) is 11.2 Å². The lowest BCUT2D eigenvalue weighted by Crippen LogP contribution is -2.20. The number of rotatable bonds is 5. The van der Waals surface area contributed by atoms with E-state index in [1.54, 1.807) is 24.5 Å². The molecule has 2 aromatic rings. The Bertz CT molecular complexity index is 541. The van der Waals surface area contributed by atoms with E-state index in [1.165, 1.54) is 5.56 Å². The van der Waals surface area contributed by atoms with E-state index < -0.39 is 0 Å². The van der Waals surface area contributed by atoms with Crippen LogP contribution in [0.2, 0.25) is 0 Å². The molecule has 4 heteroatoms. The van der Waals surface area contributed by atoms with E-state index in [0.29, 0.717) is 11.4 Å². The monoisotopic (exact) mass is 256 g/mol. The summed E-state index contributed by atoms with van der Waals surface area (Å²) in [5.74, 6) is 0.510. The molecule has 0 bridgehead atoms. The molecule has 0 unspecified atom stereocenters. The average molecular weight is 256 g/mol. The molecule has 1 amide bonds. The van der Waals surface area contributed by atoms with Crippen molar-refractivity contribution in [2.24, 2.45) is 0 Å². The molecular weight excluding hydrogens is 240 g/mol. The summed E-state index contributed by atoms with van der Waals surface area (Å²) < 4.78 is 5.45. The predicted octanol–water partition coefficient (Wildman–Crippen LogP) is 2.66. The van der Waals surface area contributed by atoms with Gasteiger partial charge in [0.25, 0.3) is 5.91 Å². The molecule has 1 aromatic heterocycles. The number of benzene rings is 1. The van der Waals surface area contributed by atoms with Crippen LogP contribution in [0.15, 0.2) is 48.8 Å². The van der Waals surface area contributed by atoms with Crippen molar-refractivity contribution in [2.75, 3.05) is 11.9 Å². The second kappa shape index (κ2) is 6.54. The van der Waals surface area contributed by atoms with Crippen LogP contribution in [0.3, 0.4) is 0 Å². The number of anilines is 1. The fourth-order valence-corrected chi connectivity index (χ4v) is 1.64. The largest absolute Gasteiger partial charge is 0.484 e. The van der Waals surface area contributed by atoms with Gasteiger partial charge in [-0.25, -0.2) is 0 Å². The van der Waals surface area contributed by atoms with Gasteiger partial charge in [-0.05, 0) is 36.2 Å². The Morgan fingerprint density at radius 3 is 2.95 bits per heavy atom. The fourth-order valence-electron chi connectivity index (χ4n) is 1.64. The van der Waals surface area contributed by atoms with E-state index in [2.05, 4.69) is 17.2 Å². The molecule has 0 saturated heterocycles. The number of carbonyl (C=O) groups is 1. The third-order valence-electron chi connectivity index (χ3n) is 2.62. The van der Waals surface area contributed by atoms with Gasteiger partial charge in [0.15, 0.2) is 6.61 Å². The smallest absolute Gasteiger partial charge is 0.262 e. The lowest BCUT2D eigenvalue weighted by molar-refractivity contribution is -0.118. The second-order valence-corrected chi connectivity index (χ2v) is 4.08. The van der Waals surface area contributed by atoms with Crippen LogP contribution in [0.25, 0.3) is 0 Å². The summed E-state index contributed by atoms with van der Waals surface area (Å²) in [5, 5.41) is 2.71. The molecule has 98 valence electrons. The number of aromatic nitrogens is 1. The Morgan fingerprint density at radius 2 is 2.21 bits per heavy atom. The zero-order valence-corrected chi connectivity index (χ0v) is 10.8. The minimum Gasteiger partial charge on any atom is -0.484 e. The zero-order chi connectivity index (χ0) is 13.5. The Labute approximate surface area is 112 Å². The lowest BCUT2D eigenvalue weighted by atomic mass is 10.2. The molecule has 0 aliphatic rings. The third kappa shape index (κ3) is 4.10. The summed E-state index contributed by atoms with van der Waals surface area (Å²) in [5.41, 5.74) is 1.85. The first-order valence-corrected chi connectivity index (χ1v) is 6.19. The van der Waals surface area contributed by atoms with Gasteiger partial charge in [0.05, 0.1) is 11.9 Å². The van der Waals surface area contributed by atoms with Gasteiger partial charge < -0.3 is 10.1 Å². The maximum atomic E-state index is 11.7. The molecule has 1 heterocycles. The number of nitrogens with one attached hydrogen (secondary N) is 1. The van der Waals surface area contributed by atoms with Gasteiger partial charge in [-0.15, -0.1) is 0 Å². The minimum absolute atomic E-state index is 0.0118. The van der Waals surface area contributed by atoms with Crippen LogP contribution in [0.1, 0.15) is 12.5 Å². The molecule has 0 aliphatic carbocycles. The standard InChI is InChI=1S/C15H16N2O2/c1-2-12-5-3-7-14(9-12)19-11-15(18)17-13-6-4-8-16-10-13/h3-10H,2,11H2,1H3,(H,17,18). The summed E-state index contributed by atoms with van der Waals surface area (Å²) in [6.07, 6.45) is 4.19. The third-order valence-corrected chi connectivity index (χ3v) is 2.62. The summed E-state index contributed by atoms with van der Waals surface area (Å²) in [6, 6.07) is 11.3. The Kier molecular flexibility index (Phi) is 4.50. The topological polar surface area (TPSA) is 51.2 Å². The summed E-state index contributed by atoms with van der Waals surface area (Å²) in [4.78, 5) is 15.6. The highest BCUT2D eigenvalue weighted by Gasteiger charge is 2.03. The van der Waals surface area contributed by atoms with Crippen LogP contribution in [-0.4, -0.2) is 17.5 Å². The first-order valence-electron chi connectivity index (χ1n) is 6.19. The molecule has 0 saturated carbocycles. The molecular formula is C15H16N2O2. The molecule has 2 rings (SSSR count). The number of hydrogen-bond donors (Lipinski definition) is 1. The average Bonchev–Trinajstić information content (AvgIpc) is 2.46. The van der Waals surface area contributed by atoms with Gasteiger partial charge in [0.2, 0.25) is 0 Å². The molecule has 0 aliphatic heterocycles. The zero-order valence-electron chi connectivity index (χ0n) is 10.8. The first kappa shape index (κ1) is 13.1. The molecule has 19 heavy (non-hydrogen) atoms. The van der Waals surface area contributed by atoms with Crippen LogP contribution in [0.5, 0.6) is 5.75 Å². The van der Waals surface area contributed by atoms with Crippen LogP contribution in [0, 0.1) is 0 Å². The number of nitrogens with zero attached hydrogens (tertiary/aromatic N) is 1. The van der Waals surface area contributed by atoms with Crippen molar-refractivity contribution < 1.29 is 9.53 Å². The van der Waals surface area contributed by atoms with E-state index in [1.807, 2.05) is 24.3 Å². The number of ether oxygens (including phenoxy) is 1. The number of aryl methyl sites for hydroxylation is 1. The fraction of sp³-hybridized carbons (Fsp3) is 0.200. The van der Waals surface area contributed by atoms with Crippen molar-refractivity contribution >= 4 is 11.6 Å². The maximum absolute atomic E-state index is 11.7. The van der Waals surface area contributed by atoms with Crippen LogP contribution in [0.4, 0.5) is 5.69 Å². The van der Waals surface area contributed by atoms with E-state index in [0.717, 1.165) is 6.42 Å². The van der Waals surface area contributed by atoms with Gasteiger partial charge >= 0.3 is 0 Å². The highest BCUT2D eigenvalue weighted by Crippen LogP contribution is 2.13. The van der Waals surface area contributed by atoms with E-state index in [-0.39, 0.29) is 12.5 Å². The highest BCUT2D eigenvalue weighted by molar-refractivity contribution is 5.91.